The number of carbonyl (C=O) groups is 4. The smallest absolute Gasteiger partial charge is 0.452 e. The third kappa shape index (κ3) is 10.3. The number of hydrogen-bond acceptors (Lipinski definition) is 7. The molecule has 0 aliphatic heterocycles. The van der Waals surface area contributed by atoms with Crippen LogP contribution in [0.25, 0.3) is 0 Å². The van der Waals surface area contributed by atoms with Gasteiger partial charge in [0, 0.05) is 17.7 Å². The predicted octanol–water partition coefficient (Wildman–Crippen LogP) is 4.14. The van der Waals surface area contributed by atoms with E-state index < -0.39 is 53.7 Å². The zero-order valence-corrected chi connectivity index (χ0v) is 25.2. The third-order valence-electron chi connectivity index (χ3n) is 6.17. The number of aliphatic imine (C=N–C) groups is 2. The minimum Gasteiger partial charge on any atom is -0.497 e. The van der Waals surface area contributed by atoms with Crippen molar-refractivity contribution >= 4 is 48.0 Å². The number of alkyl halides is 3. The molecule has 2 rings (SSSR count). The van der Waals surface area contributed by atoms with Crippen LogP contribution in [0, 0.1) is 5.92 Å². The molecule has 10 nitrogen and oxygen atoms in total. The van der Waals surface area contributed by atoms with E-state index in [9.17, 15) is 32.3 Å². The lowest BCUT2D eigenvalue weighted by molar-refractivity contribution is -0.175. The van der Waals surface area contributed by atoms with Gasteiger partial charge in [0.05, 0.1) is 19.4 Å². The first-order chi connectivity index (χ1) is 20.7. The van der Waals surface area contributed by atoms with Gasteiger partial charge in [0.25, 0.3) is 11.7 Å². The van der Waals surface area contributed by atoms with Crippen LogP contribution in [-0.4, -0.2) is 61.8 Å². The third-order valence-corrected chi connectivity index (χ3v) is 6.40. The van der Waals surface area contributed by atoms with E-state index in [-0.39, 0.29) is 23.4 Å². The van der Waals surface area contributed by atoms with Crippen molar-refractivity contribution in [3.8, 4) is 5.75 Å². The van der Waals surface area contributed by atoms with Crippen molar-refractivity contribution in [2.75, 3.05) is 7.11 Å². The van der Waals surface area contributed by atoms with Gasteiger partial charge in [-0.15, -0.1) is 0 Å². The largest absolute Gasteiger partial charge is 0.497 e. The maximum absolute atomic E-state index is 13.8. The maximum Gasteiger partial charge on any atom is 0.452 e. The molecule has 3 N–H and O–H groups in total. The standard InChI is InChI=1S/C30H33ClF3N5O5/c1-6-36-23(16-35-4)28(42)37-22(14-18-9-7-11-20(31)13-18)27(41)39-25(19-10-8-12-21(15-19)44-5)29(43)38-24(17(2)3)26(40)30(32,33)34/h6-13,15-17,22,24-25H,4,14H2,1-3,5H3,(H,37,42)(H,38,43)(H,39,41)/b23-16-,36-6-/t22-,24-,25-/m0/s1. The molecular weight excluding hydrogens is 603 g/mol. The first-order valence-electron chi connectivity index (χ1n) is 13.3. The summed E-state index contributed by atoms with van der Waals surface area (Å²) in [5.74, 6) is -5.56. The van der Waals surface area contributed by atoms with E-state index in [1.54, 1.807) is 37.3 Å². The average molecular weight is 636 g/mol. The van der Waals surface area contributed by atoms with E-state index in [4.69, 9.17) is 16.3 Å². The zero-order valence-electron chi connectivity index (χ0n) is 24.4. The fourth-order valence-corrected chi connectivity index (χ4v) is 4.24. The maximum atomic E-state index is 13.8. The second-order valence-corrected chi connectivity index (χ2v) is 10.2. The van der Waals surface area contributed by atoms with Crippen molar-refractivity contribution in [3.05, 3.63) is 76.6 Å². The number of carbonyl (C=O) groups excluding carboxylic acids is 4. The van der Waals surface area contributed by atoms with Gasteiger partial charge in [-0.1, -0.05) is 49.7 Å². The molecule has 236 valence electrons. The number of amides is 3. The number of ether oxygens (including phenoxy) is 1. The SMILES string of the molecule is C=N/C=C(\N=C/C)C(=O)N[C@@H](Cc1cccc(Cl)c1)C(=O)N[C@H](C(=O)N[C@H](C(=O)C(F)(F)F)C(C)C)c1cccc(OC)c1. The van der Waals surface area contributed by atoms with Crippen LogP contribution in [-0.2, 0) is 25.6 Å². The summed E-state index contributed by atoms with van der Waals surface area (Å²) in [7, 11) is 1.36. The van der Waals surface area contributed by atoms with E-state index in [2.05, 4.69) is 32.7 Å². The summed E-state index contributed by atoms with van der Waals surface area (Å²) in [6.45, 7) is 7.54. The van der Waals surface area contributed by atoms with Gasteiger partial charge in [-0.05, 0) is 55.0 Å². The van der Waals surface area contributed by atoms with Crippen molar-refractivity contribution in [2.24, 2.45) is 15.9 Å². The van der Waals surface area contributed by atoms with Crippen LogP contribution < -0.4 is 20.7 Å². The molecule has 44 heavy (non-hydrogen) atoms. The lowest BCUT2D eigenvalue weighted by atomic mass is 9.97. The molecule has 0 bridgehead atoms. The Bertz CT molecular complexity index is 1430. The summed E-state index contributed by atoms with van der Waals surface area (Å²) in [6.07, 6.45) is -2.90. The Hall–Kier alpha value is -4.52. The van der Waals surface area contributed by atoms with E-state index in [0.29, 0.717) is 10.6 Å². The molecule has 0 spiro atoms. The Balaban J connectivity index is 2.53. The van der Waals surface area contributed by atoms with Crippen LogP contribution in [0.1, 0.15) is 37.9 Å². The average Bonchev–Trinajstić information content (AvgIpc) is 2.96. The van der Waals surface area contributed by atoms with Crippen molar-refractivity contribution in [1.82, 2.24) is 16.0 Å². The van der Waals surface area contributed by atoms with Crippen molar-refractivity contribution in [3.63, 3.8) is 0 Å². The van der Waals surface area contributed by atoms with Gasteiger partial charge < -0.3 is 20.7 Å². The molecule has 0 heterocycles. The minimum absolute atomic E-state index is 0.101. The molecule has 14 heteroatoms. The Labute approximate surface area is 257 Å². The van der Waals surface area contributed by atoms with Crippen molar-refractivity contribution in [1.29, 1.82) is 0 Å². The number of Topliss-reactive ketones (excluding diaryl/α,β-unsaturated/α-hetero) is 1. The summed E-state index contributed by atoms with van der Waals surface area (Å²) in [6, 6.07) is 7.53. The summed E-state index contributed by atoms with van der Waals surface area (Å²) >= 11 is 6.10. The number of halogens is 4. The number of hydrogen-bond donors (Lipinski definition) is 3. The molecule has 0 fully saturated rings. The monoisotopic (exact) mass is 635 g/mol. The highest BCUT2D eigenvalue weighted by atomic mass is 35.5. The molecule has 0 radical (unpaired) electrons. The lowest BCUT2D eigenvalue weighted by Gasteiger charge is -2.27. The van der Waals surface area contributed by atoms with Crippen LogP contribution in [0.3, 0.4) is 0 Å². The predicted molar refractivity (Wildman–Crippen MR) is 161 cm³/mol. The van der Waals surface area contributed by atoms with Crippen molar-refractivity contribution < 1.29 is 37.1 Å². The number of nitrogens with zero attached hydrogens (tertiary/aromatic N) is 2. The first kappa shape index (κ1) is 35.7. The molecule has 2 aromatic carbocycles. The van der Waals surface area contributed by atoms with Gasteiger partial charge >= 0.3 is 6.18 Å². The van der Waals surface area contributed by atoms with Gasteiger partial charge in [-0.25, -0.2) is 0 Å². The highest BCUT2D eigenvalue weighted by Gasteiger charge is 2.45. The van der Waals surface area contributed by atoms with Crippen LogP contribution in [0.2, 0.25) is 5.02 Å². The lowest BCUT2D eigenvalue weighted by Crippen LogP contribution is -2.55. The van der Waals surface area contributed by atoms with E-state index >= 15 is 0 Å². The highest BCUT2D eigenvalue weighted by molar-refractivity contribution is 6.30. The number of rotatable bonds is 14. The molecule has 0 aliphatic carbocycles. The second kappa shape index (κ2) is 16.4. The quantitative estimate of drug-likeness (QED) is 0.212. The molecule has 3 atom stereocenters. The van der Waals surface area contributed by atoms with Crippen LogP contribution in [0.15, 0.2) is 70.4 Å². The van der Waals surface area contributed by atoms with Gasteiger partial charge in [-0.2, -0.15) is 13.2 Å². The Kier molecular flexibility index (Phi) is 13.3. The van der Waals surface area contributed by atoms with Gasteiger partial charge in [0.15, 0.2) is 0 Å². The molecule has 0 saturated carbocycles. The number of nitrogens with one attached hydrogen (secondary N) is 3. The molecule has 0 aliphatic rings. The number of benzene rings is 2. The molecule has 2 aromatic rings. The van der Waals surface area contributed by atoms with Crippen molar-refractivity contribution in [2.45, 2.75) is 51.5 Å². The van der Waals surface area contributed by atoms with Gasteiger partial charge in [0.1, 0.15) is 23.5 Å². The molecule has 0 unspecified atom stereocenters. The second-order valence-electron chi connectivity index (χ2n) is 9.75. The fourth-order valence-electron chi connectivity index (χ4n) is 4.03. The fraction of sp³-hybridized carbons (Fsp3) is 0.333. The van der Waals surface area contributed by atoms with Crippen LogP contribution in [0.4, 0.5) is 13.2 Å². The number of ketones is 1. The topological polar surface area (TPSA) is 138 Å². The van der Waals surface area contributed by atoms with Crippen LogP contribution in [0.5, 0.6) is 5.75 Å². The summed E-state index contributed by atoms with van der Waals surface area (Å²) in [5, 5.41) is 7.56. The summed E-state index contributed by atoms with van der Waals surface area (Å²) in [5.41, 5.74) is 0.512. The highest BCUT2D eigenvalue weighted by Crippen LogP contribution is 2.24. The Morgan fingerprint density at radius 1 is 1.02 bits per heavy atom. The zero-order chi connectivity index (χ0) is 33.0. The summed E-state index contributed by atoms with van der Waals surface area (Å²) < 4.78 is 45.2. The Morgan fingerprint density at radius 2 is 1.70 bits per heavy atom. The number of methoxy groups -OCH3 is 1. The van der Waals surface area contributed by atoms with E-state index in [1.165, 1.54) is 45.4 Å². The molecule has 0 saturated heterocycles. The van der Waals surface area contributed by atoms with Gasteiger partial charge in [0.2, 0.25) is 11.8 Å². The van der Waals surface area contributed by atoms with Gasteiger partial charge in [-0.3, -0.25) is 29.2 Å². The normalized spacial score (nSPS) is 14.0. The Morgan fingerprint density at radius 3 is 2.27 bits per heavy atom. The molecule has 0 aromatic heterocycles. The van der Waals surface area contributed by atoms with Crippen LogP contribution >= 0.6 is 11.6 Å². The van der Waals surface area contributed by atoms with E-state index in [0.717, 1.165) is 6.20 Å². The minimum atomic E-state index is -5.21. The summed E-state index contributed by atoms with van der Waals surface area (Å²) in [4.78, 5) is 59.9. The molecule has 3 amide bonds. The van der Waals surface area contributed by atoms with E-state index in [1.807, 2.05) is 0 Å². The first-order valence-corrected chi connectivity index (χ1v) is 13.6. The molecular formula is C30H33ClF3N5O5.